The van der Waals surface area contributed by atoms with Crippen molar-refractivity contribution in [2.75, 3.05) is 26.7 Å². The number of nitrogens with one attached hydrogen (secondary N) is 1. The van der Waals surface area contributed by atoms with Gasteiger partial charge in [0.05, 0.1) is 31.0 Å². The van der Waals surface area contributed by atoms with Gasteiger partial charge < -0.3 is 15.0 Å². The van der Waals surface area contributed by atoms with Crippen molar-refractivity contribution in [1.29, 1.82) is 0 Å². The zero-order chi connectivity index (χ0) is 19.4. The second kappa shape index (κ2) is 9.59. The van der Waals surface area contributed by atoms with Crippen LogP contribution in [0.1, 0.15) is 22.9 Å². The van der Waals surface area contributed by atoms with Gasteiger partial charge in [-0.05, 0) is 23.8 Å². The average molecular weight is 509 g/mol. The van der Waals surface area contributed by atoms with Gasteiger partial charge in [0.1, 0.15) is 6.10 Å². The van der Waals surface area contributed by atoms with E-state index in [1.165, 1.54) is 6.07 Å². The van der Waals surface area contributed by atoms with Crippen molar-refractivity contribution in [2.45, 2.75) is 18.8 Å². The Morgan fingerprint density at radius 1 is 1.36 bits per heavy atom. The van der Waals surface area contributed by atoms with Crippen LogP contribution in [0.15, 0.2) is 41.5 Å². The molecule has 3 rings (SSSR count). The van der Waals surface area contributed by atoms with Gasteiger partial charge in [-0.15, -0.1) is 24.0 Å². The number of ether oxygens (including phenoxy) is 1. The van der Waals surface area contributed by atoms with Crippen LogP contribution in [0.25, 0.3) is 0 Å². The van der Waals surface area contributed by atoms with Crippen LogP contribution in [0.4, 0.5) is 13.2 Å². The predicted molar refractivity (Wildman–Crippen MR) is 111 cm³/mol. The van der Waals surface area contributed by atoms with Gasteiger partial charge in [0.15, 0.2) is 5.96 Å². The molecule has 1 N–H and O–H groups in total. The van der Waals surface area contributed by atoms with Crippen LogP contribution in [-0.2, 0) is 24.5 Å². The normalized spacial score (nSPS) is 18.0. The molecule has 0 radical (unpaired) electrons. The molecule has 1 aromatic heterocycles. The molecule has 1 aliphatic heterocycles. The maximum Gasteiger partial charge on any atom is 0.416 e. The van der Waals surface area contributed by atoms with Gasteiger partial charge >= 0.3 is 6.18 Å². The first-order valence-electron chi connectivity index (χ1n) is 8.59. The summed E-state index contributed by atoms with van der Waals surface area (Å²) in [5, 5.41) is 7.39. The van der Waals surface area contributed by atoms with Crippen molar-refractivity contribution in [2.24, 2.45) is 12.0 Å². The molecular formula is C18H23F3IN5O. The van der Waals surface area contributed by atoms with Gasteiger partial charge in [-0.1, -0.05) is 12.1 Å². The fourth-order valence-corrected chi connectivity index (χ4v) is 3.04. The highest BCUT2D eigenvalue weighted by Gasteiger charge is 2.32. The summed E-state index contributed by atoms with van der Waals surface area (Å²) in [6.45, 7) is 2.00. The van der Waals surface area contributed by atoms with E-state index >= 15 is 0 Å². The Balaban J connectivity index is 0.00000280. The van der Waals surface area contributed by atoms with Crippen LogP contribution < -0.4 is 5.32 Å². The molecule has 1 unspecified atom stereocenters. The maximum atomic E-state index is 13.0. The number of morpholine rings is 1. The van der Waals surface area contributed by atoms with Crippen LogP contribution >= 0.6 is 24.0 Å². The molecule has 1 atom stereocenters. The Labute approximate surface area is 178 Å². The van der Waals surface area contributed by atoms with E-state index < -0.39 is 17.8 Å². The first-order valence-corrected chi connectivity index (χ1v) is 8.59. The topological polar surface area (TPSA) is 54.7 Å². The van der Waals surface area contributed by atoms with E-state index in [1.54, 1.807) is 24.0 Å². The van der Waals surface area contributed by atoms with Crippen LogP contribution in [0.5, 0.6) is 0 Å². The van der Waals surface area contributed by atoms with Crippen molar-refractivity contribution in [3.05, 3.63) is 53.3 Å². The molecule has 0 aliphatic carbocycles. The highest BCUT2D eigenvalue weighted by molar-refractivity contribution is 14.0. The predicted octanol–water partition coefficient (Wildman–Crippen LogP) is 3.21. The lowest BCUT2D eigenvalue weighted by atomic mass is 10.0. The van der Waals surface area contributed by atoms with Crippen LogP contribution in [0.2, 0.25) is 0 Å². The van der Waals surface area contributed by atoms with Crippen molar-refractivity contribution < 1.29 is 17.9 Å². The fraction of sp³-hybridized carbons (Fsp3) is 0.444. The summed E-state index contributed by atoms with van der Waals surface area (Å²) in [5.74, 6) is 0.677. The van der Waals surface area contributed by atoms with Gasteiger partial charge in [0, 0.05) is 26.8 Å². The lowest BCUT2D eigenvalue weighted by Crippen LogP contribution is -2.48. The molecule has 1 aromatic carbocycles. The number of aromatic nitrogens is 2. The molecule has 28 heavy (non-hydrogen) atoms. The standard InChI is InChI=1S/C18H22F3N5O.HI/c1-22-17(23-11-15-6-7-24-25(15)2)26-8-9-27-16(12-26)13-4-3-5-14(10-13)18(19,20)21;/h3-7,10,16H,8-9,11-12H2,1-2H3,(H,22,23);1H. The minimum absolute atomic E-state index is 0. The summed E-state index contributed by atoms with van der Waals surface area (Å²) in [4.78, 5) is 6.28. The summed E-state index contributed by atoms with van der Waals surface area (Å²) in [5.41, 5.74) is 0.842. The summed E-state index contributed by atoms with van der Waals surface area (Å²) >= 11 is 0. The zero-order valence-corrected chi connectivity index (χ0v) is 17.9. The third-order valence-electron chi connectivity index (χ3n) is 4.51. The Kier molecular flexibility index (Phi) is 7.70. The van der Waals surface area contributed by atoms with E-state index in [0.29, 0.717) is 37.8 Å². The number of hydrogen-bond acceptors (Lipinski definition) is 3. The van der Waals surface area contributed by atoms with Crippen molar-refractivity contribution in [1.82, 2.24) is 20.0 Å². The number of aliphatic imine (C=N–C) groups is 1. The minimum atomic E-state index is -4.37. The van der Waals surface area contributed by atoms with E-state index in [9.17, 15) is 13.2 Å². The average Bonchev–Trinajstić information content (AvgIpc) is 3.07. The van der Waals surface area contributed by atoms with Crippen LogP contribution in [0, 0.1) is 0 Å². The first kappa shape index (κ1) is 22.5. The highest BCUT2D eigenvalue weighted by Crippen LogP contribution is 2.32. The van der Waals surface area contributed by atoms with E-state index in [0.717, 1.165) is 17.8 Å². The molecule has 10 heteroatoms. The molecular weight excluding hydrogens is 486 g/mol. The van der Waals surface area contributed by atoms with E-state index in [-0.39, 0.29) is 24.0 Å². The SMILES string of the molecule is CN=C(NCc1ccnn1C)N1CCOC(c2cccc(C(F)(F)F)c2)C1.I. The van der Waals surface area contributed by atoms with Gasteiger partial charge in [0.2, 0.25) is 0 Å². The number of alkyl halides is 3. The molecule has 0 saturated carbocycles. The Morgan fingerprint density at radius 3 is 2.79 bits per heavy atom. The highest BCUT2D eigenvalue weighted by atomic mass is 127. The number of benzene rings is 1. The second-order valence-corrected chi connectivity index (χ2v) is 6.28. The largest absolute Gasteiger partial charge is 0.416 e. The maximum absolute atomic E-state index is 13.0. The third-order valence-corrected chi connectivity index (χ3v) is 4.51. The zero-order valence-electron chi connectivity index (χ0n) is 15.6. The lowest BCUT2D eigenvalue weighted by Gasteiger charge is -2.35. The Morgan fingerprint density at radius 2 is 2.14 bits per heavy atom. The smallest absolute Gasteiger partial charge is 0.370 e. The third kappa shape index (κ3) is 5.37. The van der Waals surface area contributed by atoms with Crippen molar-refractivity contribution in [3.63, 3.8) is 0 Å². The van der Waals surface area contributed by atoms with Crippen molar-refractivity contribution in [3.8, 4) is 0 Å². The molecule has 1 aliphatic rings. The molecule has 1 saturated heterocycles. The molecule has 0 bridgehead atoms. The lowest BCUT2D eigenvalue weighted by molar-refractivity contribution is -0.137. The summed E-state index contributed by atoms with van der Waals surface area (Å²) in [6.07, 6.45) is -3.10. The van der Waals surface area contributed by atoms with E-state index in [1.807, 2.05) is 18.0 Å². The van der Waals surface area contributed by atoms with Crippen molar-refractivity contribution >= 4 is 29.9 Å². The van der Waals surface area contributed by atoms with E-state index in [4.69, 9.17) is 4.74 Å². The Hall–Kier alpha value is -1.82. The number of aryl methyl sites for hydroxylation is 1. The number of hydrogen-bond donors (Lipinski definition) is 1. The number of rotatable bonds is 3. The van der Waals surface area contributed by atoms with E-state index in [2.05, 4.69) is 15.4 Å². The molecule has 6 nitrogen and oxygen atoms in total. The quantitative estimate of drug-likeness (QED) is 0.393. The minimum Gasteiger partial charge on any atom is -0.370 e. The second-order valence-electron chi connectivity index (χ2n) is 6.28. The van der Waals surface area contributed by atoms with Gasteiger partial charge in [-0.3, -0.25) is 9.67 Å². The summed E-state index contributed by atoms with van der Waals surface area (Å²) in [6, 6.07) is 7.20. The van der Waals surface area contributed by atoms with Gasteiger partial charge in [-0.25, -0.2) is 0 Å². The Bertz CT molecular complexity index is 809. The molecule has 2 heterocycles. The summed E-state index contributed by atoms with van der Waals surface area (Å²) < 4.78 is 46.4. The molecule has 154 valence electrons. The molecule has 0 amide bonds. The number of halogens is 4. The summed E-state index contributed by atoms with van der Waals surface area (Å²) in [7, 11) is 3.54. The van der Waals surface area contributed by atoms with Gasteiger partial charge in [-0.2, -0.15) is 18.3 Å². The molecule has 0 spiro atoms. The monoisotopic (exact) mass is 509 g/mol. The van der Waals surface area contributed by atoms with Gasteiger partial charge in [0.25, 0.3) is 0 Å². The molecule has 2 aromatic rings. The molecule has 1 fully saturated rings. The number of nitrogens with zero attached hydrogens (tertiary/aromatic N) is 4. The fourth-order valence-electron chi connectivity index (χ4n) is 3.04. The van der Waals surface area contributed by atoms with Crippen LogP contribution in [0.3, 0.4) is 0 Å². The number of guanidine groups is 1. The van der Waals surface area contributed by atoms with Crippen LogP contribution in [-0.4, -0.2) is 47.4 Å². The first-order chi connectivity index (χ1) is 12.9.